The maximum absolute atomic E-state index is 12.5. The van der Waals surface area contributed by atoms with Gasteiger partial charge in [-0.3, -0.25) is 4.90 Å². The minimum absolute atomic E-state index is 0.343. The number of nitrogens with zero attached hydrogens (tertiary/aromatic N) is 2. The molecule has 0 heterocycles. The number of urea groups is 1. The number of esters is 1. The van der Waals surface area contributed by atoms with Crippen LogP contribution in [0.1, 0.15) is 19.8 Å². The molecular weight excluding hydrogens is 318 g/mol. The zero-order valence-electron chi connectivity index (χ0n) is 14.1. The summed E-state index contributed by atoms with van der Waals surface area (Å²) in [6.45, 7) is 2.35. The molecule has 0 saturated carbocycles. The van der Waals surface area contributed by atoms with Crippen LogP contribution in [0.5, 0.6) is 0 Å². The van der Waals surface area contributed by atoms with E-state index in [9.17, 15) is 9.59 Å². The molecule has 0 aliphatic heterocycles. The first kappa shape index (κ1) is 18.2. The number of carbonyl (C=O) groups is 2. The first-order chi connectivity index (χ1) is 12.2. The van der Waals surface area contributed by atoms with Crippen LogP contribution in [0, 0.1) is 0 Å². The van der Waals surface area contributed by atoms with Crippen molar-refractivity contribution in [1.29, 1.82) is 0 Å². The molecular formula is C19H21N3O3. The molecule has 6 heteroatoms. The van der Waals surface area contributed by atoms with Gasteiger partial charge in [0.05, 0.1) is 18.0 Å². The van der Waals surface area contributed by atoms with Crippen LogP contribution in [0.2, 0.25) is 0 Å². The Bertz CT molecular complexity index is 663. The monoisotopic (exact) mass is 339 g/mol. The van der Waals surface area contributed by atoms with Gasteiger partial charge < -0.3 is 4.74 Å². The topological polar surface area (TPSA) is 71.0 Å². The maximum atomic E-state index is 12.5. The van der Waals surface area contributed by atoms with Crippen molar-refractivity contribution in [1.82, 2.24) is 5.43 Å². The van der Waals surface area contributed by atoms with Gasteiger partial charge in [-0.2, -0.15) is 5.10 Å². The Morgan fingerprint density at radius 1 is 1.04 bits per heavy atom. The quantitative estimate of drug-likeness (QED) is 0.360. The van der Waals surface area contributed by atoms with Crippen LogP contribution in [-0.4, -0.2) is 24.8 Å². The van der Waals surface area contributed by atoms with Gasteiger partial charge in [-0.15, -0.1) is 0 Å². The van der Waals surface area contributed by atoms with E-state index >= 15 is 0 Å². The molecule has 6 nitrogen and oxygen atoms in total. The fourth-order valence-corrected chi connectivity index (χ4v) is 2.08. The summed E-state index contributed by atoms with van der Waals surface area (Å²) in [5, 5.41) is 3.68. The van der Waals surface area contributed by atoms with E-state index in [0.29, 0.717) is 18.0 Å². The van der Waals surface area contributed by atoms with Crippen LogP contribution < -0.4 is 10.3 Å². The molecule has 0 radical (unpaired) electrons. The Hall–Kier alpha value is -3.15. The molecule has 0 aliphatic carbocycles. The number of carbonyl (C=O) groups excluding carboxylic acids is 2. The Kier molecular flexibility index (Phi) is 7.18. The van der Waals surface area contributed by atoms with E-state index in [1.807, 2.05) is 67.6 Å². The normalized spacial score (nSPS) is 10.4. The second-order valence-corrected chi connectivity index (χ2v) is 5.20. The maximum Gasteiger partial charge on any atom is 0.351 e. The standard InChI is InChI=1S/C19H21N3O3/c1-2-3-14-25-18(23)15-20-21-19(24)22(16-10-6-4-7-11-16)17-12-8-5-9-13-17/h4-13,15H,2-3,14H2,1H3,(H,21,24)/b20-15+. The van der Waals surface area contributed by atoms with E-state index in [-0.39, 0.29) is 0 Å². The average Bonchev–Trinajstić information content (AvgIpc) is 2.64. The number of rotatable bonds is 7. The Morgan fingerprint density at radius 2 is 1.60 bits per heavy atom. The van der Waals surface area contributed by atoms with Crippen molar-refractivity contribution in [2.75, 3.05) is 11.5 Å². The van der Waals surface area contributed by atoms with E-state index < -0.39 is 12.0 Å². The van der Waals surface area contributed by atoms with Crippen molar-refractivity contribution in [3.63, 3.8) is 0 Å². The van der Waals surface area contributed by atoms with Crippen LogP contribution >= 0.6 is 0 Å². The van der Waals surface area contributed by atoms with E-state index in [2.05, 4.69) is 10.5 Å². The summed E-state index contributed by atoms with van der Waals surface area (Å²) in [5.74, 6) is -0.584. The van der Waals surface area contributed by atoms with Crippen molar-refractivity contribution < 1.29 is 14.3 Å². The number of amides is 2. The highest BCUT2D eigenvalue weighted by molar-refractivity contribution is 6.23. The minimum Gasteiger partial charge on any atom is -0.461 e. The van der Waals surface area contributed by atoms with Gasteiger partial charge >= 0.3 is 12.0 Å². The predicted octanol–water partition coefficient (Wildman–Crippen LogP) is 3.86. The number of anilines is 2. The molecule has 0 saturated heterocycles. The van der Waals surface area contributed by atoms with E-state index in [0.717, 1.165) is 19.1 Å². The summed E-state index contributed by atoms with van der Waals surface area (Å²) in [6.07, 6.45) is 2.69. The number of benzene rings is 2. The molecule has 1 N–H and O–H groups in total. The van der Waals surface area contributed by atoms with Crippen LogP contribution in [0.25, 0.3) is 0 Å². The summed E-state index contributed by atoms with van der Waals surface area (Å²) < 4.78 is 4.94. The van der Waals surface area contributed by atoms with Crippen molar-refractivity contribution in [3.05, 3.63) is 60.7 Å². The number of hydrogen-bond acceptors (Lipinski definition) is 4. The van der Waals surface area contributed by atoms with Crippen LogP contribution in [0.4, 0.5) is 16.2 Å². The Balaban J connectivity index is 2.05. The summed E-state index contributed by atoms with van der Waals surface area (Å²) in [7, 11) is 0. The number of para-hydroxylation sites is 2. The number of hydrogen-bond donors (Lipinski definition) is 1. The molecule has 2 rings (SSSR count). The van der Waals surface area contributed by atoms with Gasteiger partial charge in [-0.05, 0) is 30.7 Å². The number of unbranched alkanes of at least 4 members (excludes halogenated alkanes) is 1. The molecule has 0 unspecified atom stereocenters. The molecule has 25 heavy (non-hydrogen) atoms. The van der Waals surface area contributed by atoms with Gasteiger partial charge in [0.15, 0.2) is 0 Å². The van der Waals surface area contributed by atoms with Crippen molar-refractivity contribution >= 4 is 29.6 Å². The van der Waals surface area contributed by atoms with Gasteiger partial charge in [-0.1, -0.05) is 49.7 Å². The lowest BCUT2D eigenvalue weighted by atomic mass is 10.2. The second kappa shape index (κ2) is 9.87. The second-order valence-electron chi connectivity index (χ2n) is 5.20. The van der Waals surface area contributed by atoms with Crippen LogP contribution in [0.15, 0.2) is 65.8 Å². The molecule has 0 atom stereocenters. The zero-order valence-corrected chi connectivity index (χ0v) is 14.1. The summed E-state index contributed by atoms with van der Waals surface area (Å²) in [4.78, 5) is 25.5. The lowest BCUT2D eigenvalue weighted by molar-refractivity contribution is -0.135. The number of ether oxygens (including phenoxy) is 1. The van der Waals surface area contributed by atoms with Gasteiger partial charge in [0.2, 0.25) is 0 Å². The van der Waals surface area contributed by atoms with Crippen molar-refractivity contribution in [2.45, 2.75) is 19.8 Å². The van der Waals surface area contributed by atoms with Gasteiger partial charge in [0, 0.05) is 0 Å². The van der Waals surface area contributed by atoms with Gasteiger partial charge in [0.25, 0.3) is 0 Å². The van der Waals surface area contributed by atoms with E-state index in [4.69, 9.17) is 4.74 Å². The molecule has 0 aromatic heterocycles. The summed E-state index contributed by atoms with van der Waals surface area (Å²) >= 11 is 0. The molecule has 130 valence electrons. The first-order valence-electron chi connectivity index (χ1n) is 8.12. The highest BCUT2D eigenvalue weighted by Gasteiger charge is 2.17. The average molecular weight is 339 g/mol. The highest BCUT2D eigenvalue weighted by atomic mass is 16.5. The molecule has 2 aromatic rings. The smallest absolute Gasteiger partial charge is 0.351 e. The Labute approximate surface area is 147 Å². The molecule has 0 bridgehead atoms. The van der Waals surface area contributed by atoms with Gasteiger partial charge in [-0.25, -0.2) is 15.0 Å². The van der Waals surface area contributed by atoms with Crippen LogP contribution in [0.3, 0.4) is 0 Å². The third-order valence-corrected chi connectivity index (χ3v) is 3.30. The zero-order chi connectivity index (χ0) is 17.9. The molecule has 0 spiro atoms. The molecule has 0 fully saturated rings. The third kappa shape index (κ3) is 5.76. The minimum atomic E-state index is -0.584. The van der Waals surface area contributed by atoms with E-state index in [1.165, 1.54) is 4.90 Å². The molecule has 0 aliphatic rings. The van der Waals surface area contributed by atoms with Crippen molar-refractivity contribution in [2.24, 2.45) is 5.10 Å². The van der Waals surface area contributed by atoms with Gasteiger partial charge in [0.1, 0.15) is 6.21 Å². The lowest BCUT2D eigenvalue weighted by Crippen LogP contribution is -2.34. The number of hydrazone groups is 1. The van der Waals surface area contributed by atoms with Crippen molar-refractivity contribution in [3.8, 4) is 0 Å². The van der Waals surface area contributed by atoms with Crippen LogP contribution in [-0.2, 0) is 9.53 Å². The summed E-state index contributed by atoms with van der Waals surface area (Å²) in [6, 6.07) is 17.9. The predicted molar refractivity (Wildman–Crippen MR) is 97.9 cm³/mol. The highest BCUT2D eigenvalue weighted by Crippen LogP contribution is 2.24. The van der Waals surface area contributed by atoms with E-state index in [1.54, 1.807) is 0 Å². The Morgan fingerprint density at radius 3 is 2.12 bits per heavy atom. The fourth-order valence-electron chi connectivity index (χ4n) is 2.08. The largest absolute Gasteiger partial charge is 0.461 e. The lowest BCUT2D eigenvalue weighted by Gasteiger charge is -2.22. The fraction of sp³-hybridized carbons (Fsp3) is 0.211. The molecule has 2 amide bonds. The number of nitrogens with one attached hydrogen (secondary N) is 1. The molecule has 2 aromatic carbocycles. The SMILES string of the molecule is CCCCOC(=O)/C=N/NC(=O)N(c1ccccc1)c1ccccc1. The summed E-state index contributed by atoms with van der Waals surface area (Å²) in [5.41, 5.74) is 3.73. The third-order valence-electron chi connectivity index (χ3n) is 3.30. The first-order valence-corrected chi connectivity index (χ1v) is 8.12.